The largest absolute Gasteiger partial charge is 0.328 e. The molecule has 1 unspecified atom stereocenters. The van der Waals surface area contributed by atoms with E-state index in [2.05, 4.69) is 23.2 Å². The Hall–Kier alpha value is -3.20. The number of hydrogen-bond acceptors (Lipinski definition) is 2. The van der Waals surface area contributed by atoms with Gasteiger partial charge in [-0.05, 0) is 46.9 Å². The van der Waals surface area contributed by atoms with E-state index in [1.54, 1.807) is 18.5 Å². The van der Waals surface area contributed by atoms with Crippen molar-refractivity contribution in [1.82, 2.24) is 9.88 Å². The fourth-order valence-electron chi connectivity index (χ4n) is 3.54. The molecule has 3 heteroatoms. The van der Waals surface area contributed by atoms with E-state index in [1.165, 1.54) is 11.1 Å². The van der Waals surface area contributed by atoms with Crippen molar-refractivity contribution in [2.75, 3.05) is 6.54 Å². The first kappa shape index (κ1) is 16.3. The van der Waals surface area contributed by atoms with E-state index in [0.29, 0.717) is 6.54 Å². The molecule has 0 aliphatic carbocycles. The quantitative estimate of drug-likeness (QED) is 0.667. The average molecular weight is 340 g/mol. The molecule has 1 aromatic heterocycles. The molecule has 26 heavy (non-hydrogen) atoms. The number of carbonyl (C=O) groups excluding carboxylic acids is 1. The van der Waals surface area contributed by atoms with Crippen molar-refractivity contribution in [3.05, 3.63) is 107 Å². The molecular formula is C23H20N2O. The standard InChI is InChI=1S/C23H20N2O/c26-22(11-10-18-6-2-1-3-7-18)25-17-14-19-8-4-5-9-21(19)23(25)20-12-15-24-16-13-20/h1-13,15-16,23H,14,17H2/b11-10+. The molecule has 2 aromatic carbocycles. The second kappa shape index (κ2) is 7.36. The van der Waals surface area contributed by atoms with E-state index in [0.717, 1.165) is 17.5 Å². The lowest BCUT2D eigenvalue weighted by Gasteiger charge is -2.37. The second-order valence-electron chi connectivity index (χ2n) is 6.41. The van der Waals surface area contributed by atoms with E-state index < -0.39 is 0 Å². The van der Waals surface area contributed by atoms with Crippen molar-refractivity contribution in [1.29, 1.82) is 0 Å². The molecule has 0 spiro atoms. The van der Waals surface area contributed by atoms with Gasteiger partial charge >= 0.3 is 0 Å². The van der Waals surface area contributed by atoms with Crippen LogP contribution in [0.1, 0.15) is 28.3 Å². The summed E-state index contributed by atoms with van der Waals surface area (Å²) < 4.78 is 0. The van der Waals surface area contributed by atoms with Crippen LogP contribution in [-0.4, -0.2) is 22.3 Å². The van der Waals surface area contributed by atoms with Gasteiger partial charge in [0.05, 0.1) is 6.04 Å². The van der Waals surface area contributed by atoms with E-state index in [-0.39, 0.29) is 11.9 Å². The average Bonchev–Trinajstić information content (AvgIpc) is 2.72. The van der Waals surface area contributed by atoms with Gasteiger partial charge in [0.15, 0.2) is 0 Å². The zero-order chi connectivity index (χ0) is 17.8. The van der Waals surface area contributed by atoms with Crippen LogP contribution in [0.4, 0.5) is 0 Å². The van der Waals surface area contributed by atoms with Crippen LogP contribution in [0, 0.1) is 0 Å². The summed E-state index contributed by atoms with van der Waals surface area (Å²) >= 11 is 0. The summed E-state index contributed by atoms with van der Waals surface area (Å²) in [7, 11) is 0. The SMILES string of the molecule is O=C(/C=C/c1ccccc1)N1CCc2ccccc2C1c1ccncc1. The lowest BCUT2D eigenvalue weighted by Crippen LogP contribution is -2.39. The number of hydrogen-bond donors (Lipinski definition) is 0. The van der Waals surface area contributed by atoms with Crippen LogP contribution in [0.5, 0.6) is 0 Å². The zero-order valence-corrected chi connectivity index (χ0v) is 14.5. The normalized spacial score (nSPS) is 16.5. The predicted molar refractivity (Wildman–Crippen MR) is 103 cm³/mol. The summed E-state index contributed by atoms with van der Waals surface area (Å²) in [5, 5.41) is 0. The first-order valence-electron chi connectivity index (χ1n) is 8.84. The molecule has 0 saturated heterocycles. The van der Waals surface area contributed by atoms with Gasteiger partial charge < -0.3 is 4.90 Å². The molecule has 1 atom stereocenters. The first-order valence-corrected chi connectivity index (χ1v) is 8.84. The highest BCUT2D eigenvalue weighted by Gasteiger charge is 2.30. The third-order valence-electron chi connectivity index (χ3n) is 4.81. The molecule has 3 nitrogen and oxygen atoms in total. The monoisotopic (exact) mass is 340 g/mol. The summed E-state index contributed by atoms with van der Waals surface area (Å²) in [4.78, 5) is 19.1. The lowest BCUT2D eigenvalue weighted by atomic mass is 9.88. The van der Waals surface area contributed by atoms with Crippen molar-refractivity contribution in [2.45, 2.75) is 12.5 Å². The van der Waals surface area contributed by atoms with Crippen molar-refractivity contribution < 1.29 is 4.79 Å². The van der Waals surface area contributed by atoms with Gasteiger partial charge in [-0.2, -0.15) is 0 Å². The Balaban J connectivity index is 1.68. The highest BCUT2D eigenvalue weighted by atomic mass is 16.2. The highest BCUT2D eigenvalue weighted by Crippen LogP contribution is 2.35. The van der Waals surface area contributed by atoms with Gasteiger partial charge in [0, 0.05) is 25.0 Å². The summed E-state index contributed by atoms with van der Waals surface area (Å²) in [5.41, 5.74) is 4.63. The van der Waals surface area contributed by atoms with Crippen LogP contribution in [0.3, 0.4) is 0 Å². The van der Waals surface area contributed by atoms with Crippen molar-refractivity contribution in [3.8, 4) is 0 Å². The number of pyridine rings is 1. The Morgan fingerprint density at radius 1 is 0.962 bits per heavy atom. The minimum absolute atomic E-state index is 0.0326. The molecule has 0 N–H and O–H groups in total. The fourth-order valence-corrected chi connectivity index (χ4v) is 3.54. The smallest absolute Gasteiger partial charge is 0.247 e. The number of nitrogens with zero attached hydrogens (tertiary/aromatic N) is 2. The highest BCUT2D eigenvalue weighted by molar-refractivity contribution is 5.92. The molecule has 0 fully saturated rings. The predicted octanol–water partition coefficient (Wildman–Crippen LogP) is 4.27. The second-order valence-corrected chi connectivity index (χ2v) is 6.41. The van der Waals surface area contributed by atoms with Crippen LogP contribution in [-0.2, 0) is 11.2 Å². The zero-order valence-electron chi connectivity index (χ0n) is 14.5. The Labute approximate surface area is 153 Å². The van der Waals surface area contributed by atoms with Crippen LogP contribution >= 0.6 is 0 Å². The minimum atomic E-state index is -0.0733. The van der Waals surface area contributed by atoms with Gasteiger partial charge in [0.25, 0.3) is 0 Å². The van der Waals surface area contributed by atoms with Crippen LogP contribution in [0.25, 0.3) is 6.08 Å². The van der Waals surface area contributed by atoms with Gasteiger partial charge in [0.1, 0.15) is 0 Å². The van der Waals surface area contributed by atoms with E-state index in [4.69, 9.17) is 0 Å². The topological polar surface area (TPSA) is 33.2 Å². The number of carbonyl (C=O) groups is 1. The van der Waals surface area contributed by atoms with E-state index in [9.17, 15) is 4.79 Å². The van der Waals surface area contributed by atoms with Crippen molar-refractivity contribution in [3.63, 3.8) is 0 Å². The summed E-state index contributed by atoms with van der Waals surface area (Å²) in [6.07, 6.45) is 8.01. The molecular weight excluding hydrogens is 320 g/mol. The summed E-state index contributed by atoms with van der Waals surface area (Å²) in [5.74, 6) is 0.0326. The van der Waals surface area contributed by atoms with Gasteiger partial charge in [-0.3, -0.25) is 9.78 Å². The maximum Gasteiger partial charge on any atom is 0.247 e. The first-order chi connectivity index (χ1) is 12.8. The maximum atomic E-state index is 13.0. The molecule has 3 aromatic rings. The van der Waals surface area contributed by atoms with Gasteiger partial charge in [0.2, 0.25) is 5.91 Å². The molecule has 1 aliphatic rings. The fraction of sp³-hybridized carbons (Fsp3) is 0.130. The molecule has 0 bridgehead atoms. The van der Waals surface area contributed by atoms with E-state index in [1.807, 2.05) is 59.5 Å². The number of rotatable bonds is 3. The molecule has 1 amide bonds. The van der Waals surface area contributed by atoms with Gasteiger partial charge in [-0.25, -0.2) is 0 Å². The van der Waals surface area contributed by atoms with E-state index >= 15 is 0 Å². The minimum Gasteiger partial charge on any atom is -0.328 e. The number of aromatic nitrogens is 1. The summed E-state index contributed by atoms with van der Waals surface area (Å²) in [6, 6.07) is 22.2. The van der Waals surface area contributed by atoms with Gasteiger partial charge in [-0.1, -0.05) is 54.6 Å². The van der Waals surface area contributed by atoms with Crippen LogP contribution < -0.4 is 0 Å². The third kappa shape index (κ3) is 3.29. The van der Waals surface area contributed by atoms with Crippen LogP contribution in [0.2, 0.25) is 0 Å². The Kier molecular flexibility index (Phi) is 4.61. The van der Waals surface area contributed by atoms with Crippen molar-refractivity contribution in [2.24, 2.45) is 0 Å². The molecule has 0 radical (unpaired) electrons. The van der Waals surface area contributed by atoms with Crippen LogP contribution in [0.15, 0.2) is 85.2 Å². The molecule has 128 valence electrons. The maximum absolute atomic E-state index is 13.0. The molecule has 1 aliphatic heterocycles. The molecule has 2 heterocycles. The molecule has 0 saturated carbocycles. The van der Waals surface area contributed by atoms with Gasteiger partial charge in [-0.15, -0.1) is 0 Å². The Bertz CT molecular complexity index is 919. The third-order valence-corrected chi connectivity index (χ3v) is 4.81. The molecule has 4 rings (SSSR count). The van der Waals surface area contributed by atoms with Crippen molar-refractivity contribution >= 4 is 12.0 Å². The number of benzene rings is 2. The number of fused-ring (bicyclic) bond motifs is 1. The number of amides is 1. The lowest BCUT2D eigenvalue weighted by molar-refractivity contribution is -0.127. The summed E-state index contributed by atoms with van der Waals surface area (Å²) in [6.45, 7) is 0.710. The Morgan fingerprint density at radius 3 is 2.50 bits per heavy atom. The Morgan fingerprint density at radius 2 is 1.69 bits per heavy atom.